The van der Waals surface area contributed by atoms with E-state index in [9.17, 15) is 0 Å². The zero-order chi connectivity index (χ0) is 14.7. The monoisotopic (exact) mass is 293 g/mol. The second kappa shape index (κ2) is 5.92. The van der Waals surface area contributed by atoms with E-state index in [1.165, 1.54) is 0 Å². The van der Waals surface area contributed by atoms with Crippen LogP contribution in [0.2, 0.25) is 5.28 Å². The first-order valence-electron chi connectivity index (χ1n) is 5.98. The highest BCUT2D eigenvalue weighted by molar-refractivity contribution is 6.28. The van der Waals surface area contributed by atoms with E-state index in [4.69, 9.17) is 16.3 Å². The number of methoxy groups -OCH3 is 1. The summed E-state index contributed by atoms with van der Waals surface area (Å²) >= 11 is 5.95. The molecule has 0 fully saturated rings. The first-order chi connectivity index (χ1) is 9.52. The van der Waals surface area contributed by atoms with Gasteiger partial charge in [0.1, 0.15) is 5.75 Å². The summed E-state index contributed by atoms with van der Waals surface area (Å²) in [6, 6.07) is 7.62. The van der Waals surface area contributed by atoms with Gasteiger partial charge in [0.15, 0.2) is 0 Å². The van der Waals surface area contributed by atoms with Gasteiger partial charge in [-0.25, -0.2) is 0 Å². The van der Waals surface area contributed by atoms with Crippen LogP contribution in [0.15, 0.2) is 24.3 Å². The van der Waals surface area contributed by atoms with Crippen LogP contribution in [0.4, 0.5) is 17.6 Å². The van der Waals surface area contributed by atoms with Crippen molar-refractivity contribution in [3.63, 3.8) is 0 Å². The van der Waals surface area contributed by atoms with Crippen LogP contribution in [-0.4, -0.2) is 43.2 Å². The molecular formula is C13H16ClN5O. The van der Waals surface area contributed by atoms with E-state index in [1.54, 1.807) is 16.9 Å². The largest absolute Gasteiger partial charge is 0.495 e. The standard InChI is InChI=1S/C13H16ClN5O/c1-18(2)12-15-11(14)16-13(17-12)19(3)9-7-5-6-8-10(9)20-4/h5-8H,1-4H3. The Morgan fingerprint density at radius 3 is 2.30 bits per heavy atom. The molecule has 0 spiro atoms. The third kappa shape index (κ3) is 2.91. The molecule has 6 nitrogen and oxygen atoms in total. The van der Waals surface area contributed by atoms with Crippen molar-refractivity contribution in [2.45, 2.75) is 0 Å². The van der Waals surface area contributed by atoms with Crippen LogP contribution in [0, 0.1) is 0 Å². The Morgan fingerprint density at radius 1 is 1.00 bits per heavy atom. The molecule has 0 aliphatic heterocycles. The highest BCUT2D eigenvalue weighted by atomic mass is 35.5. The first kappa shape index (κ1) is 14.3. The molecule has 106 valence electrons. The maximum Gasteiger partial charge on any atom is 0.235 e. The van der Waals surface area contributed by atoms with Crippen molar-refractivity contribution in [2.24, 2.45) is 0 Å². The van der Waals surface area contributed by atoms with Gasteiger partial charge in [-0.05, 0) is 23.7 Å². The molecule has 2 aromatic rings. The van der Waals surface area contributed by atoms with Gasteiger partial charge >= 0.3 is 0 Å². The SMILES string of the molecule is COc1ccccc1N(C)c1nc(Cl)nc(N(C)C)n1. The van der Waals surface area contributed by atoms with Crippen molar-refractivity contribution >= 4 is 29.2 Å². The topological polar surface area (TPSA) is 54.4 Å². The third-order valence-electron chi connectivity index (χ3n) is 2.73. The normalized spacial score (nSPS) is 10.2. The molecule has 2 rings (SSSR count). The number of rotatable bonds is 4. The Morgan fingerprint density at radius 2 is 1.65 bits per heavy atom. The lowest BCUT2D eigenvalue weighted by molar-refractivity contribution is 0.415. The number of aromatic nitrogens is 3. The fraction of sp³-hybridized carbons (Fsp3) is 0.308. The Balaban J connectivity index is 2.45. The van der Waals surface area contributed by atoms with Crippen molar-refractivity contribution in [3.05, 3.63) is 29.5 Å². The Kier molecular flexibility index (Phi) is 4.24. The van der Waals surface area contributed by atoms with E-state index in [2.05, 4.69) is 15.0 Å². The van der Waals surface area contributed by atoms with Gasteiger partial charge in [0.2, 0.25) is 17.2 Å². The summed E-state index contributed by atoms with van der Waals surface area (Å²) in [7, 11) is 7.17. The van der Waals surface area contributed by atoms with Gasteiger partial charge in [0.05, 0.1) is 12.8 Å². The van der Waals surface area contributed by atoms with Gasteiger partial charge in [0.25, 0.3) is 0 Å². The number of hydrogen-bond donors (Lipinski definition) is 0. The summed E-state index contributed by atoms with van der Waals surface area (Å²) in [5.74, 6) is 1.69. The number of ether oxygens (including phenoxy) is 1. The Hall–Kier alpha value is -2.08. The molecule has 0 amide bonds. The van der Waals surface area contributed by atoms with Gasteiger partial charge in [-0.2, -0.15) is 15.0 Å². The zero-order valence-electron chi connectivity index (χ0n) is 11.8. The maximum absolute atomic E-state index is 5.95. The molecule has 0 radical (unpaired) electrons. The molecule has 7 heteroatoms. The van der Waals surface area contributed by atoms with Crippen molar-refractivity contribution in [1.82, 2.24) is 15.0 Å². The van der Waals surface area contributed by atoms with E-state index in [0.29, 0.717) is 11.9 Å². The summed E-state index contributed by atoms with van der Waals surface area (Å²) in [4.78, 5) is 16.2. The number of halogens is 1. The molecule has 0 aliphatic carbocycles. The quantitative estimate of drug-likeness (QED) is 0.862. The van der Waals surface area contributed by atoms with Gasteiger partial charge < -0.3 is 14.5 Å². The summed E-state index contributed by atoms with van der Waals surface area (Å²) in [5, 5.41) is 0.153. The van der Waals surface area contributed by atoms with Crippen LogP contribution < -0.4 is 14.5 Å². The molecular weight excluding hydrogens is 278 g/mol. The van der Waals surface area contributed by atoms with Gasteiger partial charge in [-0.15, -0.1) is 0 Å². The van der Waals surface area contributed by atoms with Crippen LogP contribution in [0.1, 0.15) is 0 Å². The summed E-state index contributed by atoms with van der Waals surface area (Å²) in [6.07, 6.45) is 0. The van der Waals surface area contributed by atoms with Crippen molar-refractivity contribution in [2.75, 3.05) is 38.1 Å². The lowest BCUT2D eigenvalue weighted by Crippen LogP contribution is -2.19. The molecule has 0 N–H and O–H groups in total. The van der Waals surface area contributed by atoms with Crippen LogP contribution in [0.5, 0.6) is 5.75 Å². The van der Waals surface area contributed by atoms with Crippen LogP contribution in [0.25, 0.3) is 0 Å². The van der Waals surface area contributed by atoms with E-state index >= 15 is 0 Å². The summed E-state index contributed by atoms with van der Waals surface area (Å²) < 4.78 is 5.34. The highest BCUT2D eigenvalue weighted by Gasteiger charge is 2.15. The lowest BCUT2D eigenvalue weighted by Gasteiger charge is -2.21. The van der Waals surface area contributed by atoms with E-state index < -0.39 is 0 Å². The number of nitrogens with zero attached hydrogens (tertiary/aromatic N) is 5. The van der Waals surface area contributed by atoms with Crippen LogP contribution >= 0.6 is 11.6 Å². The van der Waals surface area contributed by atoms with E-state index in [0.717, 1.165) is 11.4 Å². The predicted molar refractivity (Wildman–Crippen MR) is 80.2 cm³/mol. The zero-order valence-corrected chi connectivity index (χ0v) is 12.6. The molecule has 1 heterocycles. The van der Waals surface area contributed by atoms with Crippen molar-refractivity contribution in [3.8, 4) is 5.75 Å². The Labute approximate surface area is 123 Å². The molecule has 1 aromatic carbocycles. The molecule has 0 bridgehead atoms. The minimum Gasteiger partial charge on any atom is -0.495 e. The molecule has 0 unspecified atom stereocenters. The number of anilines is 3. The Bertz CT molecular complexity index is 605. The molecule has 20 heavy (non-hydrogen) atoms. The number of benzene rings is 1. The highest BCUT2D eigenvalue weighted by Crippen LogP contribution is 2.31. The first-order valence-corrected chi connectivity index (χ1v) is 6.36. The minimum absolute atomic E-state index is 0.153. The van der Waals surface area contributed by atoms with Gasteiger partial charge in [0, 0.05) is 21.1 Å². The minimum atomic E-state index is 0.153. The second-order valence-electron chi connectivity index (χ2n) is 4.33. The average Bonchev–Trinajstić information content (AvgIpc) is 2.45. The van der Waals surface area contributed by atoms with E-state index in [1.807, 2.05) is 45.4 Å². The molecule has 0 saturated heterocycles. The fourth-order valence-corrected chi connectivity index (χ4v) is 1.85. The van der Waals surface area contributed by atoms with Gasteiger partial charge in [-0.1, -0.05) is 12.1 Å². The van der Waals surface area contributed by atoms with Crippen LogP contribution in [0.3, 0.4) is 0 Å². The molecule has 1 aromatic heterocycles. The summed E-state index contributed by atoms with van der Waals surface area (Å²) in [5.41, 5.74) is 0.849. The second-order valence-corrected chi connectivity index (χ2v) is 4.67. The fourth-order valence-electron chi connectivity index (χ4n) is 1.69. The van der Waals surface area contributed by atoms with Crippen molar-refractivity contribution in [1.29, 1.82) is 0 Å². The van der Waals surface area contributed by atoms with Crippen LogP contribution in [-0.2, 0) is 0 Å². The smallest absolute Gasteiger partial charge is 0.235 e. The molecule has 0 atom stereocenters. The number of hydrogen-bond acceptors (Lipinski definition) is 6. The van der Waals surface area contributed by atoms with Crippen molar-refractivity contribution < 1.29 is 4.74 Å². The third-order valence-corrected chi connectivity index (χ3v) is 2.90. The number of para-hydroxylation sites is 2. The molecule has 0 aliphatic rings. The predicted octanol–water partition coefficient (Wildman–Crippen LogP) is 2.37. The molecule has 0 saturated carbocycles. The van der Waals surface area contributed by atoms with E-state index in [-0.39, 0.29) is 5.28 Å². The lowest BCUT2D eigenvalue weighted by atomic mass is 10.3. The van der Waals surface area contributed by atoms with Gasteiger partial charge in [-0.3, -0.25) is 0 Å². The average molecular weight is 294 g/mol. The summed E-state index contributed by atoms with van der Waals surface area (Å²) in [6.45, 7) is 0. The maximum atomic E-state index is 5.95.